The van der Waals surface area contributed by atoms with E-state index in [4.69, 9.17) is 18.9 Å². The number of ether oxygens (including phenoxy) is 4. The molecule has 0 bridgehead atoms. The van der Waals surface area contributed by atoms with Crippen LogP contribution in [0.1, 0.15) is 52.8 Å². The number of benzene rings is 4. The molecule has 0 spiro atoms. The van der Waals surface area contributed by atoms with Crippen LogP contribution in [0, 0.1) is 20.8 Å². The number of aldehydes is 1. The predicted molar refractivity (Wildman–Crippen MR) is 222 cm³/mol. The third kappa shape index (κ3) is 11.8. The van der Waals surface area contributed by atoms with Crippen LogP contribution in [0.25, 0.3) is 5.70 Å². The molecule has 4 aromatic carbocycles. The smallest absolute Gasteiger partial charge is 0.219 e. The minimum atomic E-state index is 0. The molecule has 1 fully saturated rings. The zero-order valence-electron chi connectivity index (χ0n) is 32.5. The van der Waals surface area contributed by atoms with E-state index in [1.54, 1.807) is 12.3 Å². The van der Waals surface area contributed by atoms with E-state index in [1.165, 1.54) is 16.7 Å². The van der Waals surface area contributed by atoms with Gasteiger partial charge in [-0.2, -0.15) is 0 Å². The van der Waals surface area contributed by atoms with Crippen LogP contribution in [-0.4, -0.2) is 60.0 Å². The molecular weight excluding hydrogens is 710 g/mol. The summed E-state index contributed by atoms with van der Waals surface area (Å²) in [6, 6.07) is 32.8. The Balaban J connectivity index is 0.00000580. The summed E-state index contributed by atoms with van der Waals surface area (Å²) in [6.07, 6.45) is 5.24. The number of aryl methyl sites for hydroxylation is 3. The van der Waals surface area contributed by atoms with Crippen LogP contribution in [0.2, 0.25) is 0 Å². The average Bonchev–Trinajstić information content (AvgIpc) is 3.17. The zero-order valence-corrected chi connectivity index (χ0v) is 33.3. The summed E-state index contributed by atoms with van der Waals surface area (Å²) in [5.41, 5.74) is 8.75. The maximum atomic E-state index is 11.8. The third-order valence-corrected chi connectivity index (χ3v) is 9.42. The first kappa shape index (κ1) is 40.9. The number of pyridine rings is 1. The molecule has 2 heterocycles. The van der Waals surface area contributed by atoms with E-state index in [1.807, 2.05) is 64.1 Å². The molecule has 9 heteroatoms. The van der Waals surface area contributed by atoms with Crippen molar-refractivity contribution in [2.75, 3.05) is 32.8 Å². The van der Waals surface area contributed by atoms with E-state index >= 15 is 0 Å². The molecule has 1 aliphatic rings. The van der Waals surface area contributed by atoms with E-state index in [-0.39, 0.29) is 18.5 Å². The fourth-order valence-corrected chi connectivity index (χ4v) is 6.57. The number of carbonyl (C=O) groups is 1. The zero-order chi connectivity index (χ0) is 37.9. The molecule has 0 atom stereocenters. The van der Waals surface area contributed by atoms with Crippen LogP contribution >= 0.6 is 12.4 Å². The Morgan fingerprint density at radius 3 is 1.98 bits per heavy atom. The summed E-state index contributed by atoms with van der Waals surface area (Å²) in [5.74, 6) is 3.64. The number of hydrogen-bond acceptors (Lipinski definition) is 8. The SMILES string of the molecule is Cc1ccc(COc2ccc(Oc3c(C)cc(/C(=C\C=O)N4CCN(Cc5ccc(CCOc6ccc(OC(C)C)cc6)cc5)CC4)cc3C)nc2)cc1.Cl. The molecule has 0 radical (unpaired) electrons. The van der Waals surface area contributed by atoms with Crippen molar-refractivity contribution in [2.45, 2.75) is 60.3 Å². The van der Waals surface area contributed by atoms with Crippen molar-refractivity contribution >= 4 is 24.4 Å². The van der Waals surface area contributed by atoms with Gasteiger partial charge in [0.05, 0.1) is 18.9 Å². The van der Waals surface area contributed by atoms with Gasteiger partial charge < -0.3 is 23.8 Å². The molecule has 0 unspecified atom stereocenters. The number of rotatable bonds is 16. The van der Waals surface area contributed by atoms with Crippen LogP contribution < -0.4 is 18.9 Å². The summed E-state index contributed by atoms with van der Waals surface area (Å²) in [5, 5.41) is 0. The standard InChI is InChI=1S/C46H51N3O5.ClH/c1-33(2)53-42-16-14-41(15-17-42)51-27-21-37-10-12-38(13-11-37)31-48-22-24-49(25-23-48)44(20-26-50)40-28-35(4)46(36(5)29-40)54-45-19-18-43(30-47-45)52-32-39-8-6-34(3)7-9-39;/h6-20,26,28-30,33H,21-25,27,31-32H2,1-5H3;1H/b44-20+;. The Morgan fingerprint density at radius 2 is 1.36 bits per heavy atom. The van der Waals surface area contributed by atoms with Crippen molar-refractivity contribution in [3.63, 3.8) is 0 Å². The number of aromatic nitrogens is 1. The van der Waals surface area contributed by atoms with Gasteiger partial charge in [-0.05, 0) is 110 Å². The Bertz CT molecular complexity index is 1970. The Morgan fingerprint density at radius 1 is 0.745 bits per heavy atom. The van der Waals surface area contributed by atoms with Gasteiger partial charge in [-0.3, -0.25) is 9.69 Å². The topological polar surface area (TPSA) is 73.4 Å². The first-order chi connectivity index (χ1) is 26.2. The summed E-state index contributed by atoms with van der Waals surface area (Å²) < 4.78 is 23.8. The lowest BCUT2D eigenvalue weighted by Gasteiger charge is -2.37. The molecule has 1 saturated heterocycles. The predicted octanol–water partition coefficient (Wildman–Crippen LogP) is 9.57. The van der Waals surface area contributed by atoms with E-state index < -0.39 is 0 Å². The summed E-state index contributed by atoms with van der Waals surface area (Å²) in [4.78, 5) is 21.1. The first-order valence-electron chi connectivity index (χ1n) is 18.8. The van der Waals surface area contributed by atoms with Crippen LogP contribution in [0.3, 0.4) is 0 Å². The van der Waals surface area contributed by atoms with Crippen molar-refractivity contribution in [3.05, 3.63) is 148 Å². The van der Waals surface area contributed by atoms with Gasteiger partial charge in [-0.15, -0.1) is 12.4 Å². The number of halogens is 1. The highest BCUT2D eigenvalue weighted by molar-refractivity contribution is 5.85. The first-order valence-corrected chi connectivity index (χ1v) is 18.8. The van der Waals surface area contributed by atoms with Gasteiger partial charge in [0.1, 0.15) is 35.9 Å². The summed E-state index contributed by atoms with van der Waals surface area (Å²) in [6.45, 7) is 15.6. The van der Waals surface area contributed by atoms with Gasteiger partial charge in [-0.25, -0.2) is 4.98 Å². The van der Waals surface area contributed by atoms with Gasteiger partial charge in [0.15, 0.2) is 0 Å². The number of carbonyl (C=O) groups excluding carboxylic acids is 1. The van der Waals surface area contributed by atoms with Gasteiger partial charge in [0.25, 0.3) is 0 Å². The second kappa shape index (κ2) is 19.9. The van der Waals surface area contributed by atoms with E-state index in [0.29, 0.717) is 24.8 Å². The Labute approximate surface area is 332 Å². The highest BCUT2D eigenvalue weighted by Crippen LogP contribution is 2.33. The molecule has 8 nitrogen and oxygen atoms in total. The third-order valence-electron chi connectivity index (χ3n) is 9.42. The Kier molecular flexibility index (Phi) is 14.7. The van der Waals surface area contributed by atoms with Crippen molar-refractivity contribution < 1.29 is 23.7 Å². The molecule has 0 amide bonds. The lowest BCUT2D eigenvalue weighted by atomic mass is 10.0. The number of allylic oxidation sites excluding steroid dienone is 1. The number of piperazine rings is 1. The van der Waals surface area contributed by atoms with Gasteiger partial charge in [-0.1, -0.05) is 54.1 Å². The average molecular weight is 762 g/mol. The van der Waals surface area contributed by atoms with Gasteiger partial charge in [0.2, 0.25) is 5.88 Å². The quantitative estimate of drug-likeness (QED) is 0.0728. The minimum Gasteiger partial charge on any atom is -0.493 e. The van der Waals surface area contributed by atoms with Crippen LogP contribution in [0.4, 0.5) is 0 Å². The summed E-state index contributed by atoms with van der Waals surface area (Å²) >= 11 is 0. The van der Waals surface area contributed by atoms with Crippen molar-refractivity contribution in [1.82, 2.24) is 14.8 Å². The number of hydrogen-bond donors (Lipinski definition) is 0. The molecule has 6 rings (SSSR count). The second-order valence-electron chi connectivity index (χ2n) is 14.2. The molecule has 0 N–H and O–H groups in total. The van der Waals surface area contributed by atoms with Crippen LogP contribution in [0.5, 0.6) is 28.9 Å². The van der Waals surface area contributed by atoms with Crippen LogP contribution in [0.15, 0.2) is 109 Å². The van der Waals surface area contributed by atoms with Crippen molar-refractivity contribution in [1.29, 1.82) is 0 Å². The lowest BCUT2D eigenvalue weighted by Crippen LogP contribution is -2.45. The largest absolute Gasteiger partial charge is 0.493 e. The molecule has 5 aromatic rings. The number of nitrogens with zero attached hydrogens (tertiary/aromatic N) is 3. The molecular formula is C46H52ClN3O5. The van der Waals surface area contributed by atoms with E-state index in [0.717, 1.165) is 90.6 Å². The van der Waals surface area contributed by atoms with E-state index in [9.17, 15) is 4.79 Å². The lowest BCUT2D eigenvalue weighted by molar-refractivity contribution is -0.104. The monoisotopic (exact) mass is 761 g/mol. The Hall–Kier alpha value is -5.31. The highest BCUT2D eigenvalue weighted by Gasteiger charge is 2.21. The second-order valence-corrected chi connectivity index (χ2v) is 14.2. The minimum absolute atomic E-state index is 0. The van der Waals surface area contributed by atoms with E-state index in [2.05, 4.69) is 82.4 Å². The molecule has 55 heavy (non-hydrogen) atoms. The van der Waals surface area contributed by atoms with Gasteiger partial charge >= 0.3 is 0 Å². The maximum absolute atomic E-state index is 11.8. The fraction of sp³-hybridized carbons (Fsp3) is 0.304. The molecule has 1 aromatic heterocycles. The maximum Gasteiger partial charge on any atom is 0.219 e. The highest BCUT2D eigenvalue weighted by atomic mass is 35.5. The molecule has 0 aliphatic carbocycles. The summed E-state index contributed by atoms with van der Waals surface area (Å²) in [7, 11) is 0. The normalized spacial score (nSPS) is 13.3. The van der Waals surface area contributed by atoms with Crippen molar-refractivity contribution in [3.8, 4) is 28.9 Å². The fourth-order valence-electron chi connectivity index (χ4n) is 6.57. The van der Waals surface area contributed by atoms with Gasteiger partial charge in [0, 0.05) is 57.0 Å². The molecule has 1 aliphatic heterocycles. The molecule has 0 saturated carbocycles. The van der Waals surface area contributed by atoms with Crippen molar-refractivity contribution in [2.24, 2.45) is 0 Å². The molecule has 288 valence electrons. The van der Waals surface area contributed by atoms with Crippen LogP contribution in [-0.2, 0) is 24.4 Å².